The molecule has 2 rings (SSSR count). The number of nitrogens with one attached hydrogen (secondary N) is 1. The lowest BCUT2D eigenvalue weighted by Crippen LogP contribution is -2.37. The topological polar surface area (TPSA) is 21.3 Å². The van der Waals surface area contributed by atoms with Gasteiger partial charge in [-0.15, -0.1) is 0 Å². The van der Waals surface area contributed by atoms with Gasteiger partial charge in [-0.2, -0.15) is 0 Å². The van der Waals surface area contributed by atoms with Crippen molar-refractivity contribution in [3.05, 3.63) is 28.5 Å². The van der Waals surface area contributed by atoms with Gasteiger partial charge in [-0.3, -0.25) is 0 Å². The van der Waals surface area contributed by atoms with E-state index >= 15 is 0 Å². The second-order valence-electron chi connectivity index (χ2n) is 4.43. The number of ether oxygens (including phenoxy) is 1. The van der Waals surface area contributed by atoms with Crippen LogP contribution in [0.2, 0.25) is 0 Å². The molecule has 1 aromatic rings. The Hall–Kier alpha value is -0.610. The lowest BCUT2D eigenvalue weighted by Gasteiger charge is -2.31. The Kier molecular flexibility index (Phi) is 4.40. The van der Waals surface area contributed by atoms with Gasteiger partial charge in [-0.25, -0.2) is 4.39 Å². The maximum absolute atomic E-state index is 13.7. The number of hydrogen-bond acceptors (Lipinski definition) is 2. The van der Waals surface area contributed by atoms with Crippen LogP contribution in [0.3, 0.4) is 0 Å². The van der Waals surface area contributed by atoms with E-state index in [0.29, 0.717) is 5.69 Å². The van der Waals surface area contributed by atoms with E-state index in [1.165, 1.54) is 18.9 Å². The van der Waals surface area contributed by atoms with Crippen molar-refractivity contribution in [1.29, 1.82) is 0 Å². The van der Waals surface area contributed by atoms with Gasteiger partial charge in [-0.05, 0) is 31.0 Å². The first-order valence-electron chi connectivity index (χ1n) is 5.95. The second-order valence-corrected chi connectivity index (χ2v) is 5.35. The molecule has 94 valence electrons. The van der Waals surface area contributed by atoms with Crippen molar-refractivity contribution in [2.75, 3.05) is 12.4 Å². The molecule has 17 heavy (non-hydrogen) atoms. The molecule has 4 heteroatoms. The lowest BCUT2D eigenvalue weighted by atomic mass is 9.92. The lowest BCUT2D eigenvalue weighted by molar-refractivity contribution is 0.0605. The van der Waals surface area contributed by atoms with E-state index in [1.54, 1.807) is 13.2 Å². The zero-order valence-corrected chi connectivity index (χ0v) is 11.5. The first kappa shape index (κ1) is 12.8. The number of benzene rings is 1. The number of rotatable bonds is 3. The molecule has 0 aliphatic heterocycles. The highest BCUT2D eigenvalue weighted by Crippen LogP contribution is 2.26. The molecule has 2 atom stereocenters. The Morgan fingerprint density at radius 2 is 2.12 bits per heavy atom. The third-order valence-corrected chi connectivity index (χ3v) is 3.77. The fourth-order valence-electron chi connectivity index (χ4n) is 2.35. The Morgan fingerprint density at radius 3 is 2.82 bits per heavy atom. The average Bonchev–Trinajstić information content (AvgIpc) is 2.33. The summed E-state index contributed by atoms with van der Waals surface area (Å²) in [6.07, 6.45) is 4.64. The van der Waals surface area contributed by atoms with Crippen molar-refractivity contribution in [2.24, 2.45) is 0 Å². The Balaban J connectivity index is 2.08. The standard InChI is InChI=1S/C13H17BrFNO/c1-17-13-5-3-2-4-12(13)16-11-7-6-9(14)8-10(11)15/h6-8,12-13,16H,2-5H2,1H3. The predicted molar refractivity (Wildman–Crippen MR) is 70.8 cm³/mol. The predicted octanol–water partition coefficient (Wildman–Crippen LogP) is 3.96. The smallest absolute Gasteiger partial charge is 0.147 e. The number of anilines is 1. The molecule has 0 aromatic heterocycles. The van der Waals surface area contributed by atoms with Crippen LogP contribution in [0, 0.1) is 5.82 Å². The zero-order chi connectivity index (χ0) is 12.3. The Bertz CT molecular complexity index is 386. The quantitative estimate of drug-likeness (QED) is 0.912. The van der Waals surface area contributed by atoms with Crippen molar-refractivity contribution >= 4 is 21.6 Å². The van der Waals surface area contributed by atoms with Crippen LogP contribution in [0.4, 0.5) is 10.1 Å². The van der Waals surface area contributed by atoms with E-state index in [1.807, 2.05) is 6.07 Å². The summed E-state index contributed by atoms with van der Waals surface area (Å²) < 4.78 is 19.9. The van der Waals surface area contributed by atoms with Crippen molar-refractivity contribution in [1.82, 2.24) is 0 Å². The van der Waals surface area contributed by atoms with E-state index in [9.17, 15) is 4.39 Å². The van der Waals surface area contributed by atoms with E-state index in [4.69, 9.17) is 4.74 Å². The molecule has 0 amide bonds. The molecule has 1 aliphatic carbocycles. The molecule has 1 saturated carbocycles. The first-order chi connectivity index (χ1) is 8.20. The molecule has 2 unspecified atom stereocenters. The van der Waals surface area contributed by atoms with Gasteiger partial charge < -0.3 is 10.1 Å². The van der Waals surface area contributed by atoms with E-state index in [0.717, 1.165) is 17.3 Å². The third kappa shape index (κ3) is 3.19. The maximum Gasteiger partial charge on any atom is 0.147 e. The van der Waals surface area contributed by atoms with Crippen molar-refractivity contribution < 1.29 is 9.13 Å². The summed E-state index contributed by atoms with van der Waals surface area (Å²) in [6.45, 7) is 0. The molecule has 0 saturated heterocycles. The summed E-state index contributed by atoms with van der Waals surface area (Å²) in [5.41, 5.74) is 0.558. The van der Waals surface area contributed by atoms with E-state index in [-0.39, 0.29) is 18.0 Å². The summed E-state index contributed by atoms with van der Waals surface area (Å²) in [5, 5.41) is 3.26. The van der Waals surface area contributed by atoms with Gasteiger partial charge in [0.15, 0.2) is 0 Å². The fraction of sp³-hybridized carbons (Fsp3) is 0.538. The second kappa shape index (κ2) is 5.83. The van der Waals surface area contributed by atoms with E-state index in [2.05, 4.69) is 21.2 Å². The molecule has 1 aliphatic rings. The molecule has 0 radical (unpaired) electrons. The maximum atomic E-state index is 13.7. The normalized spacial score (nSPS) is 24.6. The Labute approximate surface area is 110 Å². The van der Waals surface area contributed by atoms with Crippen LogP contribution in [0.1, 0.15) is 25.7 Å². The van der Waals surface area contributed by atoms with Crippen LogP contribution < -0.4 is 5.32 Å². The highest BCUT2D eigenvalue weighted by molar-refractivity contribution is 9.10. The minimum Gasteiger partial charge on any atom is -0.379 e. The molecule has 0 bridgehead atoms. The van der Waals surface area contributed by atoms with Gasteiger partial charge in [-0.1, -0.05) is 28.8 Å². The largest absolute Gasteiger partial charge is 0.379 e. The molecule has 0 heterocycles. The summed E-state index contributed by atoms with van der Waals surface area (Å²) in [7, 11) is 1.72. The van der Waals surface area contributed by atoms with Gasteiger partial charge >= 0.3 is 0 Å². The van der Waals surface area contributed by atoms with Crippen molar-refractivity contribution in [3.63, 3.8) is 0 Å². The van der Waals surface area contributed by atoms with Crippen molar-refractivity contribution in [3.8, 4) is 0 Å². The van der Waals surface area contributed by atoms with Gasteiger partial charge in [0.2, 0.25) is 0 Å². The third-order valence-electron chi connectivity index (χ3n) is 3.28. The van der Waals surface area contributed by atoms with Crippen molar-refractivity contribution in [2.45, 2.75) is 37.8 Å². The highest BCUT2D eigenvalue weighted by atomic mass is 79.9. The van der Waals surface area contributed by atoms with Crippen LogP contribution in [-0.2, 0) is 4.74 Å². The molecule has 1 fully saturated rings. The summed E-state index contributed by atoms with van der Waals surface area (Å²) >= 11 is 3.25. The number of hydrogen-bond donors (Lipinski definition) is 1. The van der Waals surface area contributed by atoms with E-state index < -0.39 is 0 Å². The molecule has 1 N–H and O–H groups in total. The molecule has 1 aromatic carbocycles. The van der Waals surface area contributed by atoms with Crippen LogP contribution in [0.25, 0.3) is 0 Å². The summed E-state index contributed by atoms with van der Waals surface area (Å²) in [5.74, 6) is -0.222. The Morgan fingerprint density at radius 1 is 1.35 bits per heavy atom. The zero-order valence-electron chi connectivity index (χ0n) is 9.88. The average molecular weight is 302 g/mol. The summed E-state index contributed by atoms with van der Waals surface area (Å²) in [4.78, 5) is 0. The minimum atomic E-state index is -0.222. The molecular formula is C13H17BrFNO. The van der Waals surface area contributed by atoms with Gasteiger partial charge in [0.1, 0.15) is 5.82 Å². The number of halogens is 2. The highest BCUT2D eigenvalue weighted by Gasteiger charge is 2.25. The molecule has 2 nitrogen and oxygen atoms in total. The van der Waals surface area contributed by atoms with Crippen LogP contribution in [0.5, 0.6) is 0 Å². The fourth-order valence-corrected chi connectivity index (χ4v) is 2.68. The SMILES string of the molecule is COC1CCCCC1Nc1ccc(Br)cc1F. The molecule has 0 spiro atoms. The first-order valence-corrected chi connectivity index (χ1v) is 6.74. The molecular weight excluding hydrogens is 285 g/mol. The minimum absolute atomic E-state index is 0.187. The number of methoxy groups -OCH3 is 1. The summed E-state index contributed by atoms with van der Waals surface area (Å²) in [6, 6.07) is 5.30. The van der Waals surface area contributed by atoms with Crippen LogP contribution in [0.15, 0.2) is 22.7 Å². The van der Waals surface area contributed by atoms with Gasteiger partial charge in [0.25, 0.3) is 0 Å². The van der Waals surface area contributed by atoms with Crippen LogP contribution >= 0.6 is 15.9 Å². The monoisotopic (exact) mass is 301 g/mol. The van der Waals surface area contributed by atoms with Gasteiger partial charge in [0.05, 0.1) is 17.8 Å². The van der Waals surface area contributed by atoms with Gasteiger partial charge in [0, 0.05) is 11.6 Å². The van der Waals surface area contributed by atoms with Crippen LogP contribution in [-0.4, -0.2) is 19.3 Å².